The Kier molecular flexibility index (Phi) is 7.22. The molecule has 0 radical (unpaired) electrons. The molecule has 1 amide bonds. The lowest BCUT2D eigenvalue weighted by Crippen LogP contribution is -2.40. The Morgan fingerprint density at radius 2 is 1.81 bits per heavy atom. The van der Waals surface area contributed by atoms with Gasteiger partial charge in [0.15, 0.2) is 12.3 Å². The summed E-state index contributed by atoms with van der Waals surface area (Å²) in [5, 5.41) is 2.38. The molecule has 10 heteroatoms. The van der Waals surface area contributed by atoms with Crippen LogP contribution in [0.25, 0.3) is 22.6 Å². The predicted molar refractivity (Wildman–Crippen MR) is 115 cm³/mol. The number of aromatic nitrogens is 4. The number of hydrogen-bond acceptors (Lipinski definition) is 5. The SMILES string of the molecule is CCCn1c(=O)c2[nH]c(-c3ccc(OCC(=O)NCCF)cc3)nc2n(CCC)c1=O. The molecule has 0 atom stereocenters. The summed E-state index contributed by atoms with van der Waals surface area (Å²) in [4.78, 5) is 44.7. The van der Waals surface area contributed by atoms with Gasteiger partial charge in [0.1, 0.15) is 23.8 Å². The average Bonchev–Trinajstić information content (AvgIpc) is 3.22. The van der Waals surface area contributed by atoms with Crippen LogP contribution in [-0.4, -0.2) is 44.8 Å². The number of H-pyrrole nitrogens is 1. The number of carbonyl (C=O) groups is 1. The highest BCUT2D eigenvalue weighted by molar-refractivity contribution is 5.77. The van der Waals surface area contributed by atoms with Crippen LogP contribution in [0.2, 0.25) is 0 Å². The number of amides is 1. The topological polar surface area (TPSA) is 111 Å². The van der Waals surface area contributed by atoms with Crippen LogP contribution in [0, 0.1) is 0 Å². The molecule has 2 heterocycles. The number of nitrogens with one attached hydrogen (secondary N) is 2. The summed E-state index contributed by atoms with van der Waals surface area (Å²) in [6.45, 7) is 3.77. The summed E-state index contributed by atoms with van der Waals surface area (Å²) < 4.78 is 20.2. The van der Waals surface area contributed by atoms with Gasteiger partial charge in [0.25, 0.3) is 11.5 Å². The number of benzene rings is 1. The first-order valence-electron chi connectivity index (χ1n) is 10.3. The molecule has 9 nitrogen and oxygen atoms in total. The van der Waals surface area contributed by atoms with Crippen molar-refractivity contribution in [1.82, 2.24) is 24.4 Å². The quantitative estimate of drug-likeness (QED) is 0.509. The Hall–Kier alpha value is -3.43. The fourth-order valence-electron chi connectivity index (χ4n) is 3.24. The highest BCUT2D eigenvalue weighted by Gasteiger charge is 2.17. The summed E-state index contributed by atoms with van der Waals surface area (Å²) in [6, 6.07) is 6.80. The van der Waals surface area contributed by atoms with Gasteiger partial charge in [-0.05, 0) is 37.1 Å². The molecular weight excluding hydrogens is 405 g/mol. The molecule has 3 aromatic rings. The zero-order chi connectivity index (χ0) is 22.4. The molecule has 0 aliphatic carbocycles. The maximum absolute atomic E-state index is 12.8. The van der Waals surface area contributed by atoms with Gasteiger partial charge in [0.05, 0.1) is 0 Å². The molecule has 166 valence electrons. The fourth-order valence-corrected chi connectivity index (χ4v) is 3.24. The zero-order valence-electron chi connectivity index (χ0n) is 17.6. The van der Waals surface area contributed by atoms with E-state index in [9.17, 15) is 18.8 Å². The third kappa shape index (κ3) is 4.84. The second-order valence-electron chi connectivity index (χ2n) is 7.03. The molecule has 0 spiro atoms. The van der Waals surface area contributed by atoms with Crippen molar-refractivity contribution in [3.63, 3.8) is 0 Å². The van der Waals surface area contributed by atoms with Crippen molar-refractivity contribution >= 4 is 17.1 Å². The van der Waals surface area contributed by atoms with E-state index >= 15 is 0 Å². The highest BCUT2D eigenvalue weighted by Crippen LogP contribution is 2.21. The summed E-state index contributed by atoms with van der Waals surface area (Å²) in [7, 11) is 0. The Bertz CT molecular complexity index is 1160. The Morgan fingerprint density at radius 1 is 1.13 bits per heavy atom. The molecule has 0 saturated heterocycles. The van der Waals surface area contributed by atoms with Crippen LogP contribution in [0.4, 0.5) is 4.39 Å². The Labute approximate surface area is 177 Å². The molecule has 0 bridgehead atoms. The van der Waals surface area contributed by atoms with Gasteiger partial charge in [-0.3, -0.25) is 18.7 Å². The van der Waals surface area contributed by atoms with Crippen LogP contribution in [0.15, 0.2) is 33.9 Å². The number of imidazole rings is 1. The number of aromatic amines is 1. The average molecular weight is 431 g/mol. The Balaban J connectivity index is 1.90. The van der Waals surface area contributed by atoms with Gasteiger partial charge in [0, 0.05) is 25.2 Å². The van der Waals surface area contributed by atoms with Gasteiger partial charge in [-0.2, -0.15) is 0 Å². The molecule has 0 saturated carbocycles. The first kappa shape index (κ1) is 22.3. The normalized spacial score (nSPS) is 11.1. The lowest BCUT2D eigenvalue weighted by Gasteiger charge is -2.09. The van der Waals surface area contributed by atoms with Crippen LogP contribution in [0.3, 0.4) is 0 Å². The van der Waals surface area contributed by atoms with Crippen molar-refractivity contribution < 1.29 is 13.9 Å². The monoisotopic (exact) mass is 431 g/mol. The van der Waals surface area contributed by atoms with Crippen molar-refractivity contribution in [2.45, 2.75) is 39.8 Å². The van der Waals surface area contributed by atoms with Gasteiger partial charge in [0.2, 0.25) is 0 Å². The van der Waals surface area contributed by atoms with Crippen LogP contribution < -0.4 is 21.3 Å². The first-order chi connectivity index (χ1) is 15.0. The molecular formula is C21H26FN5O4. The number of rotatable bonds is 10. The maximum atomic E-state index is 12.8. The number of carbonyl (C=O) groups excluding carboxylic acids is 1. The summed E-state index contributed by atoms with van der Waals surface area (Å²) in [5.74, 6) is 0.512. The van der Waals surface area contributed by atoms with Crippen molar-refractivity contribution in [2.24, 2.45) is 0 Å². The van der Waals surface area contributed by atoms with E-state index in [0.29, 0.717) is 47.8 Å². The number of fused-ring (bicyclic) bond motifs is 1. The van der Waals surface area contributed by atoms with E-state index in [1.54, 1.807) is 24.3 Å². The third-order valence-electron chi connectivity index (χ3n) is 4.67. The fraction of sp³-hybridized carbons (Fsp3) is 0.429. The lowest BCUT2D eigenvalue weighted by molar-refractivity contribution is -0.123. The highest BCUT2D eigenvalue weighted by atomic mass is 19.1. The van der Waals surface area contributed by atoms with E-state index in [0.717, 1.165) is 6.42 Å². The standard InChI is InChI=1S/C21H26FN5O4/c1-3-11-26-19-17(20(29)27(12-4-2)21(26)30)24-18(25-19)14-5-7-15(8-6-14)31-13-16(28)23-10-9-22/h5-8H,3-4,9-13H2,1-2H3,(H,23,28)(H,24,25). The lowest BCUT2D eigenvalue weighted by atomic mass is 10.2. The number of nitrogens with zero attached hydrogens (tertiary/aromatic N) is 3. The number of ether oxygens (including phenoxy) is 1. The van der Waals surface area contributed by atoms with Crippen molar-refractivity contribution in [3.8, 4) is 17.1 Å². The molecule has 31 heavy (non-hydrogen) atoms. The van der Waals surface area contributed by atoms with E-state index < -0.39 is 12.6 Å². The molecule has 3 rings (SSSR count). The first-order valence-corrected chi connectivity index (χ1v) is 10.3. The summed E-state index contributed by atoms with van der Waals surface area (Å²) in [6.07, 6.45) is 1.40. The Morgan fingerprint density at radius 3 is 2.45 bits per heavy atom. The van der Waals surface area contributed by atoms with Gasteiger partial charge >= 0.3 is 5.69 Å². The zero-order valence-corrected chi connectivity index (χ0v) is 17.6. The largest absolute Gasteiger partial charge is 0.484 e. The van der Waals surface area contributed by atoms with Gasteiger partial charge in [-0.15, -0.1) is 0 Å². The smallest absolute Gasteiger partial charge is 0.332 e. The minimum atomic E-state index is -0.631. The van der Waals surface area contributed by atoms with Crippen LogP contribution in [-0.2, 0) is 17.9 Å². The van der Waals surface area contributed by atoms with Crippen molar-refractivity contribution in [2.75, 3.05) is 19.8 Å². The third-order valence-corrected chi connectivity index (χ3v) is 4.67. The van der Waals surface area contributed by atoms with E-state index in [1.807, 2.05) is 13.8 Å². The molecule has 0 unspecified atom stereocenters. The maximum Gasteiger partial charge on any atom is 0.332 e. The molecule has 0 aliphatic rings. The minimum Gasteiger partial charge on any atom is -0.484 e. The van der Waals surface area contributed by atoms with E-state index in [2.05, 4.69) is 15.3 Å². The number of aryl methyl sites for hydroxylation is 1. The second kappa shape index (κ2) is 10.1. The van der Waals surface area contributed by atoms with Crippen molar-refractivity contribution in [1.29, 1.82) is 0 Å². The number of hydrogen-bond donors (Lipinski definition) is 2. The molecule has 2 N–H and O–H groups in total. The predicted octanol–water partition coefficient (Wildman–Crippen LogP) is 1.84. The molecule has 1 aromatic carbocycles. The van der Waals surface area contributed by atoms with Gasteiger partial charge in [-0.25, -0.2) is 14.2 Å². The number of halogens is 1. The summed E-state index contributed by atoms with van der Waals surface area (Å²) in [5.41, 5.74) is 0.592. The number of alkyl halides is 1. The molecule has 2 aromatic heterocycles. The van der Waals surface area contributed by atoms with Crippen LogP contribution in [0.5, 0.6) is 5.75 Å². The molecule has 0 fully saturated rings. The van der Waals surface area contributed by atoms with Crippen LogP contribution in [0.1, 0.15) is 26.7 Å². The van der Waals surface area contributed by atoms with Gasteiger partial charge < -0.3 is 15.0 Å². The van der Waals surface area contributed by atoms with Crippen LogP contribution >= 0.6 is 0 Å². The van der Waals surface area contributed by atoms with Gasteiger partial charge in [-0.1, -0.05) is 13.8 Å². The summed E-state index contributed by atoms with van der Waals surface area (Å²) >= 11 is 0. The van der Waals surface area contributed by atoms with E-state index in [-0.39, 0.29) is 24.4 Å². The van der Waals surface area contributed by atoms with E-state index in [1.165, 1.54) is 9.13 Å². The van der Waals surface area contributed by atoms with E-state index in [4.69, 9.17) is 4.74 Å². The van der Waals surface area contributed by atoms with Crippen molar-refractivity contribution in [3.05, 3.63) is 45.1 Å². The minimum absolute atomic E-state index is 0.0454. The second-order valence-corrected chi connectivity index (χ2v) is 7.03. The molecule has 0 aliphatic heterocycles.